The Kier molecular flexibility index (Phi) is 6.07. The van der Waals surface area contributed by atoms with Crippen LogP contribution < -0.4 is 10.2 Å². The number of hydrogen-bond acceptors (Lipinski definition) is 4. The summed E-state index contributed by atoms with van der Waals surface area (Å²) in [6.07, 6.45) is 2.43. The van der Waals surface area contributed by atoms with Gasteiger partial charge in [-0.15, -0.1) is 0 Å². The molecule has 0 aliphatic carbocycles. The predicted molar refractivity (Wildman–Crippen MR) is 83.4 cm³/mol. The molecule has 4 nitrogen and oxygen atoms in total. The lowest BCUT2D eigenvalue weighted by Gasteiger charge is -2.33. The van der Waals surface area contributed by atoms with Gasteiger partial charge in [0.2, 0.25) is 0 Å². The summed E-state index contributed by atoms with van der Waals surface area (Å²) in [5.41, 5.74) is 0.930. The van der Waals surface area contributed by atoms with Gasteiger partial charge in [0, 0.05) is 26.7 Å². The van der Waals surface area contributed by atoms with E-state index < -0.39 is 0 Å². The van der Waals surface area contributed by atoms with E-state index in [1.807, 2.05) is 12.1 Å². The molecule has 1 aromatic rings. The number of aromatic nitrogens is 1. The molecule has 1 unspecified atom stereocenters. The van der Waals surface area contributed by atoms with E-state index >= 15 is 0 Å². The molecule has 0 amide bonds. The molecule has 1 aliphatic heterocycles. The molecule has 1 fully saturated rings. The monoisotopic (exact) mass is 297 g/mol. The molecule has 0 aromatic carbocycles. The number of pyridine rings is 1. The molecule has 112 valence electrons. The van der Waals surface area contributed by atoms with Crippen molar-refractivity contribution in [1.82, 2.24) is 10.3 Å². The number of nitrogens with one attached hydrogen (secondary N) is 1. The zero-order valence-corrected chi connectivity index (χ0v) is 13.1. The van der Waals surface area contributed by atoms with Gasteiger partial charge in [0.05, 0.1) is 17.3 Å². The van der Waals surface area contributed by atoms with Crippen molar-refractivity contribution < 1.29 is 4.74 Å². The molecular formula is C15H24ClN3O. The third-order valence-electron chi connectivity index (χ3n) is 3.69. The number of anilines is 1. The standard InChI is InChI=1S/C15H24ClN3O/c1-3-17-9-14-13(16)6-7-15(18-14)19-8-4-5-12(10-19)11-20-2/h6-7,12,17H,3-5,8-11H2,1-2H3. The van der Waals surface area contributed by atoms with Crippen LogP contribution in [0.1, 0.15) is 25.5 Å². The predicted octanol–water partition coefficient (Wildman–Crippen LogP) is 2.71. The minimum absolute atomic E-state index is 0.600. The Balaban J connectivity index is 2.07. The number of nitrogens with zero attached hydrogens (tertiary/aromatic N) is 2. The Morgan fingerprint density at radius 1 is 1.50 bits per heavy atom. The second-order valence-corrected chi connectivity index (χ2v) is 5.70. The van der Waals surface area contributed by atoms with Crippen molar-refractivity contribution in [3.63, 3.8) is 0 Å². The lowest BCUT2D eigenvalue weighted by molar-refractivity contribution is 0.143. The molecule has 2 heterocycles. The fourth-order valence-electron chi connectivity index (χ4n) is 2.66. The normalized spacial score (nSPS) is 19.4. The van der Waals surface area contributed by atoms with Crippen LogP contribution in [0.25, 0.3) is 0 Å². The van der Waals surface area contributed by atoms with E-state index in [9.17, 15) is 0 Å². The SMILES string of the molecule is CCNCc1nc(N2CCCC(COC)C2)ccc1Cl. The molecule has 1 aliphatic rings. The van der Waals surface area contributed by atoms with Gasteiger partial charge in [0.15, 0.2) is 0 Å². The zero-order chi connectivity index (χ0) is 14.4. The summed E-state index contributed by atoms with van der Waals surface area (Å²) in [5, 5.41) is 4.02. The Labute approximate surface area is 126 Å². The summed E-state index contributed by atoms with van der Waals surface area (Å²) < 4.78 is 5.28. The zero-order valence-electron chi connectivity index (χ0n) is 12.4. The van der Waals surface area contributed by atoms with E-state index in [1.165, 1.54) is 12.8 Å². The molecule has 1 atom stereocenters. The summed E-state index contributed by atoms with van der Waals surface area (Å²) in [6.45, 7) is 6.63. The Morgan fingerprint density at radius 2 is 2.35 bits per heavy atom. The van der Waals surface area contributed by atoms with Crippen LogP contribution in [0.4, 0.5) is 5.82 Å². The topological polar surface area (TPSA) is 37.4 Å². The molecule has 1 saturated heterocycles. The smallest absolute Gasteiger partial charge is 0.128 e. The number of rotatable bonds is 6. The fourth-order valence-corrected chi connectivity index (χ4v) is 2.83. The average Bonchev–Trinajstić information content (AvgIpc) is 2.47. The Hall–Kier alpha value is -0.840. The summed E-state index contributed by atoms with van der Waals surface area (Å²) in [7, 11) is 1.77. The van der Waals surface area contributed by atoms with Crippen LogP contribution in [0.2, 0.25) is 5.02 Å². The molecule has 0 saturated carbocycles. The van der Waals surface area contributed by atoms with Crippen LogP contribution in [0, 0.1) is 5.92 Å². The molecule has 0 bridgehead atoms. The fraction of sp³-hybridized carbons (Fsp3) is 0.667. The summed E-state index contributed by atoms with van der Waals surface area (Å²) in [6, 6.07) is 3.98. The van der Waals surface area contributed by atoms with Crippen molar-refractivity contribution in [2.24, 2.45) is 5.92 Å². The average molecular weight is 298 g/mol. The van der Waals surface area contributed by atoms with Crippen molar-refractivity contribution in [2.45, 2.75) is 26.3 Å². The maximum Gasteiger partial charge on any atom is 0.128 e. The second kappa shape index (κ2) is 7.81. The van der Waals surface area contributed by atoms with Gasteiger partial charge in [0.1, 0.15) is 5.82 Å². The molecule has 1 N–H and O–H groups in total. The van der Waals surface area contributed by atoms with E-state index in [2.05, 4.69) is 17.1 Å². The largest absolute Gasteiger partial charge is 0.384 e. The second-order valence-electron chi connectivity index (χ2n) is 5.29. The number of methoxy groups -OCH3 is 1. The maximum absolute atomic E-state index is 6.21. The van der Waals surface area contributed by atoms with Crippen LogP contribution in [0.15, 0.2) is 12.1 Å². The van der Waals surface area contributed by atoms with Gasteiger partial charge in [-0.3, -0.25) is 0 Å². The highest BCUT2D eigenvalue weighted by Gasteiger charge is 2.21. The number of ether oxygens (including phenoxy) is 1. The van der Waals surface area contributed by atoms with Crippen LogP contribution in [0.3, 0.4) is 0 Å². The number of piperidine rings is 1. The minimum Gasteiger partial charge on any atom is -0.384 e. The molecule has 2 rings (SSSR count). The van der Waals surface area contributed by atoms with E-state index in [4.69, 9.17) is 21.3 Å². The maximum atomic E-state index is 6.21. The van der Waals surface area contributed by atoms with Gasteiger partial charge in [-0.1, -0.05) is 18.5 Å². The van der Waals surface area contributed by atoms with Crippen molar-refractivity contribution >= 4 is 17.4 Å². The molecule has 1 aromatic heterocycles. The molecule has 20 heavy (non-hydrogen) atoms. The van der Waals surface area contributed by atoms with Gasteiger partial charge >= 0.3 is 0 Å². The van der Waals surface area contributed by atoms with E-state index in [1.54, 1.807) is 7.11 Å². The third-order valence-corrected chi connectivity index (χ3v) is 4.04. The Bertz CT molecular complexity index is 426. The van der Waals surface area contributed by atoms with E-state index in [0.29, 0.717) is 5.92 Å². The summed E-state index contributed by atoms with van der Waals surface area (Å²) in [4.78, 5) is 7.06. The lowest BCUT2D eigenvalue weighted by atomic mass is 9.99. The highest BCUT2D eigenvalue weighted by atomic mass is 35.5. The van der Waals surface area contributed by atoms with E-state index in [-0.39, 0.29) is 0 Å². The third kappa shape index (κ3) is 4.08. The molecule has 0 spiro atoms. The summed E-state index contributed by atoms with van der Waals surface area (Å²) >= 11 is 6.21. The van der Waals surface area contributed by atoms with Gasteiger partial charge in [-0.2, -0.15) is 0 Å². The number of hydrogen-bond donors (Lipinski definition) is 1. The quantitative estimate of drug-likeness (QED) is 0.876. The van der Waals surface area contributed by atoms with Crippen molar-refractivity contribution in [3.05, 3.63) is 22.8 Å². The van der Waals surface area contributed by atoms with Gasteiger partial charge in [-0.05, 0) is 37.4 Å². The van der Waals surface area contributed by atoms with Crippen LogP contribution in [-0.2, 0) is 11.3 Å². The Morgan fingerprint density at radius 3 is 3.10 bits per heavy atom. The van der Waals surface area contributed by atoms with E-state index in [0.717, 1.165) is 49.3 Å². The van der Waals surface area contributed by atoms with Crippen molar-refractivity contribution in [1.29, 1.82) is 0 Å². The highest BCUT2D eigenvalue weighted by molar-refractivity contribution is 6.31. The lowest BCUT2D eigenvalue weighted by Crippen LogP contribution is -2.37. The molecule has 5 heteroatoms. The van der Waals surface area contributed by atoms with Crippen LogP contribution in [0.5, 0.6) is 0 Å². The number of halogens is 1. The minimum atomic E-state index is 0.600. The van der Waals surface area contributed by atoms with Crippen LogP contribution >= 0.6 is 11.6 Å². The first-order valence-corrected chi connectivity index (χ1v) is 7.72. The van der Waals surface area contributed by atoms with Gasteiger partial charge in [-0.25, -0.2) is 4.98 Å². The first-order chi connectivity index (χ1) is 9.74. The van der Waals surface area contributed by atoms with Gasteiger partial charge in [0.25, 0.3) is 0 Å². The first kappa shape index (κ1) is 15.5. The first-order valence-electron chi connectivity index (χ1n) is 7.34. The van der Waals surface area contributed by atoms with Crippen LogP contribution in [-0.4, -0.2) is 38.3 Å². The molecule has 0 radical (unpaired) electrons. The van der Waals surface area contributed by atoms with Crippen molar-refractivity contribution in [3.8, 4) is 0 Å². The van der Waals surface area contributed by atoms with Crippen molar-refractivity contribution in [2.75, 3.05) is 38.3 Å². The molecular weight excluding hydrogens is 274 g/mol. The summed E-state index contributed by atoms with van der Waals surface area (Å²) in [5.74, 6) is 1.63. The van der Waals surface area contributed by atoms with Gasteiger partial charge < -0.3 is 15.0 Å². The highest BCUT2D eigenvalue weighted by Crippen LogP contribution is 2.24.